The van der Waals surface area contributed by atoms with Gasteiger partial charge in [-0.05, 0) is 32.2 Å². The molecule has 94 valence electrons. The van der Waals surface area contributed by atoms with Crippen LogP contribution in [0.2, 0.25) is 0 Å². The van der Waals surface area contributed by atoms with Gasteiger partial charge in [0.2, 0.25) is 5.91 Å². The van der Waals surface area contributed by atoms with Gasteiger partial charge in [0.25, 0.3) is 0 Å². The molecule has 1 aliphatic rings. The van der Waals surface area contributed by atoms with Gasteiger partial charge >= 0.3 is 0 Å². The molecule has 16 heavy (non-hydrogen) atoms. The van der Waals surface area contributed by atoms with Gasteiger partial charge in [-0.3, -0.25) is 4.79 Å². The summed E-state index contributed by atoms with van der Waals surface area (Å²) in [5, 5.41) is 15.6. The van der Waals surface area contributed by atoms with E-state index in [2.05, 4.69) is 10.6 Å². The third-order valence-corrected chi connectivity index (χ3v) is 3.71. The van der Waals surface area contributed by atoms with Gasteiger partial charge in [-0.1, -0.05) is 13.8 Å². The molecule has 0 spiro atoms. The van der Waals surface area contributed by atoms with Gasteiger partial charge in [0, 0.05) is 6.54 Å². The van der Waals surface area contributed by atoms with Crippen molar-refractivity contribution in [3.05, 3.63) is 0 Å². The molecule has 1 fully saturated rings. The number of nitrogens with one attached hydrogen (secondary N) is 2. The first-order valence-electron chi connectivity index (χ1n) is 6.31. The van der Waals surface area contributed by atoms with Gasteiger partial charge in [-0.2, -0.15) is 0 Å². The van der Waals surface area contributed by atoms with Gasteiger partial charge in [-0.25, -0.2) is 0 Å². The molecule has 0 bridgehead atoms. The Labute approximate surface area is 97.8 Å². The van der Waals surface area contributed by atoms with Crippen LogP contribution in [0.5, 0.6) is 0 Å². The fraction of sp³-hybridized carbons (Fsp3) is 0.917. The molecule has 1 rings (SSSR count). The second-order valence-corrected chi connectivity index (χ2v) is 4.68. The lowest BCUT2D eigenvalue weighted by Crippen LogP contribution is -2.54. The largest absolute Gasteiger partial charge is 0.394 e. The number of carbonyl (C=O) groups is 1. The minimum atomic E-state index is -0.422. The van der Waals surface area contributed by atoms with Gasteiger partial charge in [-0.15, -0.1) is 0 Å². The Morgan fingerprint density at radius 3 is 2.62 bits per heavy atom. The van der Waals surface area contributed by atoms with Crippen molar-refractivity contribution in [3.63, 3.8) is 0 Å². The molecule has 0 aliphatic carbocycles. The highest BCUT2D eigenvalue weighted by molar-refractivity contribution is 5.79. The number of hydrogen-bond donors (Lipinski definition) is 3. The molecule has 1 atom stereocenters. The molecule has 4 heteroatoms. The zero-order valence-corrected chi connectivity index (χ0v) is 10.4. The van der Waals surface area contributed by atoms with Crippen LogP contribution < -0.4 is 10.6 Å². The van der Waals surface area contributed by atoms with Crippen LogP contribution in [0, 0.1) is 5.92 Å². The van der Waals surface area contributed by atoms with Crippen LogP contribution in [0.4, 0.5) is 0 Å². The lowest BCUT2D eigenvalue weighted by atomic mass is 9.91. The molecule has 0 aromatic carbocycles. The van der Waals surface area contributed by atoms with Crippen LogP contribution in [0.3, 0.4) is 0 Å². The number of piperidine rings is 1. The summed E-state index contributed by atoms with van der Waals surface area (Å²) in [5.74, 6) is 0.155. The first kappa shape index (κ1) is 13.5. The maximum atomic E-state index is 12.0. The average molecular weight is 228 g/mol. The van der Waals surface area contributed by atoms with E-state index in [1.165, 1.54) is 0 Å². The smallest absolute Gasteiger partial charge is 0.224 e. The van der Waals surface area contributed by atoms with E-state index in [0.717, 1.165) is 38.8 Å². The highest BCUT2D eigenvalue weighted by Gasteiger charge is 2.30. The fourth-order valence-corrected chi connectivity index (χ4v) is 2.13. The zero-order valence-electron chi connectivity index (χ0n) is 10.4. The van der Waals surface area contributed by atoms with Gasteiger partial charge in [0.15, 0.2) is 0 Å². The van der Waals surface area contributed by atoms with Crippen LogP contribution in [0.25, 0.3) is 0 Å². The summed E-state index contributed by atoms with van der Waals surface area (Å²) in [6.07, 6.45) is 3.55. The minimum Gasteiger partial charge on any atom is -0.394 e. The quantitative estimate of drug-likeness (QED) is 0.647. The summed E-state index contributed by atoms with van der Waals surface area (Å²) in [5.41, 5.74) is -0.422. The van der Waals surface area contributed by atoms with E-state index < -0.39 is 5.54 Å². The number of carbonyl (C=O) groups excluding carboxylic acids is 1. The Hall–Kier alpha value is -0.610. The molecule has 0 unspecified atom stereocenters. The maximum Gasteiger partial charge on any atom is 0.224 e. The highest BCUT2D eigenvalue weighted by Crippen LogP contribution is 2.17. The third-order valence-electron chi connectivity index (χ3n) is 3.71. The summed E-state index contributed by atoms with van der Waals surface area (Å²) in [6, 6.07) is 0. The molecule has 1 aliphatic heterocycles. The number of amides is 1. The zero-order chi connectivity index (χ0) is 12.0. The first-order chi connectivity index (χ1) is 7.67. The molecule has 0 aromatic heterocycles. The highest BCUT2D eigenvalue weighted by atomic mass is 16.3. The molecule has 0 saturated carbocycles. The summed E-state index contributed by atoms with van der Waals surface area (Å²) >= 11 is 0. The number of aliphatic hydroxyl groups is 1. The Bertz CT molecular complexity index is 213. The molecule has 0 aromatic rings. The molecule has 0 radical (unpaired) electrons. The van der Waals surface area contributed by atoms with Crippen molar-refractivity contribution in [2.45, 2.75) is 45.1 Å². The Balaban J connectivity index is 2.53. The summed E-state index contributed by atoms with van der Waals surface area (Å²) in [7, 11) is 0. The van der Waals surface area contributed by atoms with Crippen LogP contribution >= 0.6 is 0 Å². The van der Waals surface area contributed by atoms with E-state index in [1.54, 1.807) is 0 Å². The van der Waals surface area contributed by atoms with Crippen molar-refractivity contribution < 1.29 is 9.90 Å². The lowest BCUT2D eigenvalue weighted by Gasteiger charge is -2.33. The van der Waals surface area contributed by atoms with Crippen molar-refractivity contribution in [1.29, 1.82) is 0 Å². The van der Waals surface area contributed by atoms with Crippen LogP contribution in [-0.2, 0) is 4.79 Å². The van der Waals surface area contributed by atoms with Gasteiger partial charge in [0.05, 0.1) is 18.1 Å². The van der Waals surface area contributed by atoms with Crippen molar-refractivity contribution in [3.8, 4) is 0 Å². The van der Waals surface area contributed by atoms with Crippen molar-refractivity contribution in [2.24, 2.45) is 5.92 Å². The number of aliphatic hydroxyl groups excluding tert-OH is 1. The van der Waals surface area contributed by atoms with E-state index in [4.69, 9.17) is 0 Å². The van der Waals surface area contributed by atoms with E-state index in [1.807, 2.05) is 13.8 Å². The van der Waals surface area contributed by atoms with Crippen LogP contribution in [-0.4, -0.2) is 36.2 Å². The second kappa shape index (κ2) is 6.21. The monoisotopic (exact) mass is 228 g/mol. The number of rotatable bonds is 5. The molecule has 1 saturated heterocycles. The number of hydrogen-bond acceptors (Lipinski definition) is 3. The predicted molar refractivity (Wildman–Crippen MR) is 64.1 cm³/mol. The predicted octanol–water partition coefficient (Wildman–Crippen LogP) is 0.653. The third kappa shape index (κ3) is 3.19. The van der Waals surface area contributed by atoms with E-state index in [-0.39, 0.29) is 18.4 Å². The molecule has 1 heterocycles. The van der Waals surface area contributed by atoms with Crippen LogP contribution in [0.1, 0.15) is 39.5 Å². The van der Waals surface area contributed by atoms with E-state index in [0.29, 0.717) is 0 Å². The normalized spacial score (nSPS) is 21.8. The topological polar surface area (TPSA) is 61.4 Å². The SMILES string of the molecule is CCC(CC)(CO)NC(=O)[C@@H]1CCCNC1. The standard InChI is InChI=1S/C12H24N2O2/c1-3-12(4-2,9-15)14-11(16)10-6-5-7-13-8-10/h10,13,15H,3-9H2,1-2H3,(H,14,16)/t10-/m1/s1. The Morgan fingerprint density at radius 1 is 1.50 bits per heavy atom. The first-order valence-corrected chi connectivity index (χ1v) is 6.31. The van der Waals surface area contributed by atoms with E-state index >= 15 is 0 Å². The Kier molecular flexibility index (Phi) is 5.22. The molecule has 3 N–H and O–H groups in total. The Morgan fingerprint density at radius 2 is 2.19 bits per heavy atom. The molecule has 4 nitrogen and oxygen atoms in total. The second-order valence-electron chi connectivity index (χ2n) is 4.68. The van der Waals surface area contributed by atoms with Crippen molar-refractivity contribution >= 4 is 5.91 Å². The molecular formula is C12H24N2O2. The lowest BCUT2D eigenvalue weighted by molar-refractivity contribution is -0.128. The van der Waals surface area contributed by atoms with Crippen molar-refractivity contribution in [2.75, 3.05) is 19.7 Å². The maximum absolute atomic E-state index is 12.0. The average Bonchev–Trinajstić information content (AvgIpc) is 2.37. The van der Waals surface area contributed by atoms with Gasteiger partial charge in [0.1, 0.15) is 0 Å². The van der Waals surface area contributed by atoms with Crippen LogP contribution in [0.15, 0.2) is 0 Å². The van der Waals surface area contributed by atoms with Gasteiger partial charge < -0.3 is 15.7 Å². The fourth-order valence-electron chi connectivity index (χ4n) is 2.13. The van der Waals surface area contributed by atoms with E-state index in [9.17, 15) is 9.90 Å². The molecule has 1 amide bonds. The summed E-state index contributed by atoms with van der Waals surface area (Å²) in [4.78, 5) is 12.0. The summed E-state index contributed by atoms with van der Waals surface area (Å²) in [6.45, 7) is 5.79. The molecular weight excluding hydrogens is 204 g/mol. The van der Waals surface area contributed by atoms with Crippen molar-refractivity contribution in [1.82, 2.24) is 10.6 Å². The summed E-state index contributed by atoms with van der Waals surface area (Å²) < 4.78 is 0. The minimum absolute atomic E-state index is 0.0197.